The first-order valence-corrected chi connectivity index (χ1v) is 8.35. The number of carbonyl (C=O) groups is 1. The Labute approximate surface area is 131 Å². The van der Waals surface area contributed by atoms with Gasteiger partial charge in [-0.2, -0.15) is 8.42 Å². The lowest BCUT2D eigenvalue weighted by atomic mass is 10.0. The van der Waals surface area contributed by atoms with Gasteiger partial charge in [0.15, 0.2) is 0 Å². The summed E-state index contributed by atoms with van der Waals surface area (Å²) < 4.78 is 34.2. The Morgan fingerprint density at radius 2 is 1.77 bits per heavy atom. The standard InChI is InChI=1S/C15H22O6S/c1-12-4-6-13(7-5-12)22(18,19)21-11-10-20-15(2,3)9-8-14(16)17/h4-7H,8-11H2,1-3H3,(H,16,17). The van der Waals surface area contributed by atoms with E-state index >= 15 is 0 Å². The smallest absolute Gasteiger partial charge is 0.303 e. The Morgan fingerprint density at radius 1 is 1.18 bits per heavy atom. The molecule has 1 N–H and O–H groups in total. The van der Waals surface area contributed by atoms with Gasteiger partial charge in [-0.3, -0.25) is 8.98 Å². The number of ether oxygens (including phenoxy) is 1. The molecule has 0 atom stereocenters. The van der Waals surface area contributed by atoms with E-state index in [9.17, 15) is 13.2 Å². The summed E-state index contributed by atoms with van der Waals surface area (Å²) >= 11 is 0. The predicted molar refractivity (Wildman–Crippen MR) is 81.2 cm³/mol. The molecule has 0 saturated carbocycles. The van der Waals surface area contributed by atoms with Crippen LogP contribution in [0.1, 0.15) is 32.3 Å². The van der Waals surface area contributed by atoms with Crippen LogP contribution in [0.4, 0.5) is 0 Å². The van der Waals surface area contributed by atoms with Gasteiger partial charge in [0.25, 0.3) is 10.1 Å². The van der Waals surface area contributed by atoms with Gasteiger partial charge >= 0.3 is 5.97 Å². The highest BCUT2D eigenvalue weighted by Crippen LogP contribution is 2.17. The van der Waals surface area contributed by atoms with Crippen LogP contribution in [0.3, 0.4) is 0 Å². The maximum atomic E-state index is 11.9. The first-order chi connectivity index (χ1) is 10.1. The normalized spacial score (nSPS) is 12.3. The van der Waals surface area contributed by atoms with E-state index < -0.39 is 21.7 Å². The van der Waals surface area contributed by atoms with Crippen LogP contribution in [-0.4, -0.2) is 38.3 Å². The van der Waals surface area contributed by atoms with Crippen molar-refractivity contribution in [1.82, 2.24) is 0 Å². The van der Waals surface area contributed by atoms with E-state index in [2.05, 4.69) is 0 Å². The van der Waals surface area contributed by atoms with Crippen LogP contribution in [0.2, 0.25) is 0 Å². The van der Waals surface area contributed by atoms with Gasteiger partial charge in [0.1, 0.15) is 0 Å². The minimum Gasteiger partial charge on any atom is -0.481 e. The summed E-state index contributed by atoms with van der Waals surface area (Å²) in [5.41, 5.74) is 0.317. The molecule has 1 rings (SSSR count). The molecule has 1 aromatic carbocycles. The van der Waals surface area contributed by atoms with Crippen molar-refractivity contribution < 1.29 is 27.2 Å². The average Bonchev–Trinajstić information content (AvgIpc) is 2.42. The molecule has 0 amide bonds. The average molecular weight is 330 g/mol. The SMILES string of the molecule is Cc1ccc(S(=O)(=O)OCCOC(C)(C)CCC(=O)O)cc1. The highest BCUT2D eigenvalue weighted by Gasteiger charge is 2.20. The molecule has 0 saturated heterocycles. The van der Waals surface area contributed by atoms with Gasteiger partial charge in [-0.1, -0.05) is 17.7 Å². The molecule has 0 spiro atoms. The summed E-state index contributed by atoms with van der Waals surface area (Å²) in [6, 6.07) is 6.37. The summed E-state index contributed by atoms with van der Waals surface area (Å²) in [4.78, 5) is 10.6. The Bertz CT molecular complexity index is 589. The van der Waals surface area contributed by atoms with E-state index in [1.807, 2.05) is 6.92 Å². The Morgan fingerprint density at radius 3 is 2.32 bits per heavy atom. The van der Waals surface area contributed by atoms with E-state index in [0.717, 1.165) is 5.56 Å². The zero-order valence-corrected chi connectivity index (χ0v) is 13.9. The molecule has 0 aliphatic carbocycles. The summed E-state index contributed by atoms with van der Waals surface area (Å²) in [5.74, 6) is -0.894. The third kappa shape index (κ3) is 6.55. The molecule has 0 aliphatic rings. The van der Waals surface area contributed by atoms with Crippen LogP contribution >= 0.6 is 0 Å². The quantitative estimate of drug-likeness (QED) is 0.552. The maximum Gasteiger partial charge on any atom is 0.303 e. The number of hydrogen-bond donors (Lipinski definition) is 1. The van der Waals surface area contributed by atoms with Gasteiger partial charge in [-0.05, 0) is 39.3 Å². The summed E-state index contributed by atoms with van der Waals surface area (Å²) in [5, 5.41) is 8.64. The van der Waals surface area contributed by atoms with Crippen molar-refractivity contribution in [3.63, 3.8) is 0 Å². The van der Waals surface area contributed by atoms with Crippen LogP contribution in [0.15, 0.2) is 29.2 Å². The van der Waals surface area contributed by atoms with Crippen molar-refractivity contribution >= 4 is 16.1 Å². The Balaban J connectivity index is 2.43. The second-order valence-corrected chi connectivity index (χ2v) is 7.21. The highest BCUT2D eigenvalue weighted by molar-refractivity contribution is 7.86. The van der Waals surface area contributed by atoms with Crippen LogP contribution in [0, 0.1) is 6.92 Å². The number of rotatable bonds is 9. The number of hydrogen-bond acceptors (Lipinski definition) is 5. The van der Waals surface area contributed by atoms with Crippen LogP contribution < -0.4 is 0 Å². The predicted octanol–water partition coefficient (Wildman–Crippen LogP) is 2.36. The van der Waals surface area contributed by atoms with Gasteiger partial charge < -0.3 is 9.84 Å². The molecule has 22 heavy (non-hydrogen) atoms. The molecule has 7 heteroatoms. The molecule has 0 fully saturated rings. The number of carboxylic acids is 1. The molecular formula is C15H22O6S. The van der Waals surface area contributed by atoms with Crippen LogP contribution in [0.5, 0.6) is 0 Å². The highest BCUT2D eigenvalue weighted by atomic mass is 32.2. The van der Waals surface area contributed by atoms with E-state index in [4.69, 9.17) is 14.0 Å². The van der Waals surface area contributed by atoms with Crippen molar-refractivity contribution in [3.05, 3.63) is 29.8 Å². The van der Waals surface area contributed by atoms with Crippen LogP contribution in [0.25, 0.3) is 0 Å². The Hall–Kier alpha value is -1.44. The van der Waals surface area contributed by atoms with Gasteiger partial charge in [0.05, 0.1) is 23.7 Å². The second kappa shape index (κ2) is 7.71. The Kier molecular flexibility index (Phi) is 6.52. The first kappa shape index (κ1) is 18.6. The summed E-state index contributed by atoms with van der Waals surface area (Å²) in [6.07, 6.45) is 0.336. The molecule has 0 bridgehead atoms. The fourth-order valence-electron chi connectivity index (χ4n) is 1.71. The minimum atomic E-state index is -3.79. The third-order valence-electron chi connectivity index (χ3n) is 3.07. The van der Waals surface area contributed by atoms with Crippen molar-refractivity contribution in [2.45, 2.75) is 44.1 Å². The van der Waals surface area contributed by atoms with Crippen LogP contribution in [-0.2, 0) is 23.8 Å². The molecule has 0 unspecified atom stereocenters. The largest absolute Gasteiger partial charge is 0.481 e. The van der Waals surface area contributed by atoms with Gasteiger partial charge in [-0.15, -0.1) is 0 Å². The van der Waals surface area contributed by atoms with E-state index in [0.29, 0.717) is 6.42 Å². The topological polar surface area (TPSA) is 89.9 Å². The van der Waals surface area contributed by atoms with E-state index in [1.54, 1.807) is 26.0 Å². The number of aryl methyl sites for hydroxylation is 1. The molecule has 124 valence electrons. The van der Waals surface area contributed by atoms with E-state index in [1.165, 1.54) is 12.1 Å². The fourth-order valence-corrected chi connectivity index (χ4v) is 2.61. The number of aliphatic carboxylic acids is 1. The molecule has 1 aromatic rings. The fraction of sp³-hybridized carbons (Fsp3) is 0.533. The second-order valence-electron chi connectivity index (χ2n) is 5.59. The summed E-state index contributed by atoms with van der Waals surface area (Å²) in [7, 11) is -3.79. The van der Waals surface area contributed by atoms with E-state index in [-0.39, 0.29) is 24.5 Å². The number of carboxylic acid groups (broad SMARTS) is 1. The lowest BCUT2D eigenvalue weighted by molar-refractivity contribution is -0.138. The summed E-state index contributed by atoms with van der Waals surface area (Å²) in [6.45, 7) is 5.32. The lowest BCUT2D eigenvalue weighted by Crippen LogP contribution is -2.27. The third-order valence-corrected chi connectivity index (χ3v) is 4.39. The monoisotopic (exact) mass is 330 g/mol. The lowest BCUT2D eigenvalue weighted by Gasteiger charge is -2.24. The van der Waals surface area contributed by atoms with Gasteiger partial charge in [0, 0.05) is 6.42 Å². The zero-order chi connectivity index (χ0) is 16.8. The molecule has 0 radical (unpaired) electrons. The maximum absolute atomic E-state index is 11.9. The van der Waals surface area contributed by atoms with Crippen molar-refractivity contribution in [1.29, 1.82) is 0 Å². The zero-order valence-electron chi connectivity index (χ0n) is 13.0. The van der Waals surface area contributed by atoms with Crippen molar-refractivity contribution in [2.24, 2.45) is 0 Å². The molecule has 6 nitrogen and oxygen atoms in total. The molecular weight excluding hydrogens is 308 g/mol. The van der Waals surface area contributed by atoms with Crippen molar-refractivity contribution in [2.75, 3.05) is 13.2 Å². The first-order valence-electron chi connectivity index (χ1n) is 6.94. The molecule has 0 aromatic heterocycles. The molecule has 0 aliphatic heterocycles. The minimum absolute atomic E-state index is 0.00444. The number of benzene rings is 1. The van der Waals surface area contributed by atoms with Gasteiger partial charge in [0.2, 0.25) is 0 Å². The van der Waals surface area contributed by atoms with Crippen molar-refractivity contribution in [3.8, 4) is 0 Å². The van der Waals surface area contributed by atoms with Gasteiger partial charge in [-0.25, -0.2) is 0 Å². The molecule has 0 heterocycles.